The van der Waals surface area contributed by atoms with Gasteiger partial charge in [0.15, 0.2) is 5.11 Å². The first-order valence-electron chi connectivity index (χ1n) is 9.13. The van der Waals surface area contributed by atoms with E-state index in [0.29, 0.717) is 17.2 Å². The second kappa shape index (κ2) is 9.88. The van der Waals surface area contributed by atoms with E-state index in [-0.39, 0.29) is 5.91 Å². The highest BCUT2D eigenvalue weighted by Gasteiger charge is 2.20. The molecule has 0 spiro atoms. The van der Waals surface area contributed by atoms with E-state index in [1.807, 2.05) is 93.4 Å². The lowest BCUT2D eigenvalue weighted by Crippen LogP contribution is -2.44. The van der Waals surface area contributed by atoms with Crippen molar-refractivity contribution in [3.05, 3.63) is 65.7 Å². The molecule has 0 aromatic heterocycles. The molecule has 0 aliphatic heterocycles. The van der Waals surface area contributed by atoms with Crippen molar-refractivity contribution in [3.63, 3.8) is 0 Å². The molecule has 0 aliphatic carbocycles. The standard InChI is InChI=1S/C22H27N3OS/c1-5-24(4)22(27)25(6-2)21(26)17(3)16-18-12-14-20(15-13-18)23-19-10-8-7-9-11-19/h7-16,23H,5-6H2,1-4H3. The highest BCUT2D eigenvalue weighted by Crippen LogP contribution is 2.18. The Morgan fingerprint density at radius 3 is 2.15 bits per heavy atom. The SMILES string of the molecule is CCN(C)C(=S)N(CC)C(=O)C(C)=Cc1ccc(Nc2ccccc2)cc1. The molecule has 0 saturated carbocycles. The monoisotopic (exact) mass is 381 g/mol. The minimum absolute atomic E-state index is 0.0608. The number of para-hydroxylation sites is 1. The Morgan fingerprint density at radius 1 is 1.00 bits per heavy atom. The van der Waals surface area contributed by atoms with E-state index in [1.54, 1.807) is 4.90 Å². The predicted molar refractivity (Wildman–Crippen MR) is 118 cm³/mol. The summed E-state index contributed by atoms with van der Waals surface area (Å²) in [4.78, 5) is 16.3. The fraction of sp³-hybridized carbons (Fsp3) is 0.273. The molecule has 0 atom stereocenters. The number of nitrogens with zero attached hydrogens (tertiary/aromatic N) is 2. The maximum atomic E-state index is 12.8. The second-order valence-corrected chi connectivity index (χ2v) is 6.65. The van der Waals surface area contributed by atoms with Crippen molar-refractivity contribution >= 4 is 40.7 Å². The average Bonchev–Trinajstić information content (AvgIpc) is 2.69. The van der Waals surface area contributed by atoms with Gasteiger partial charge in [0, 0.05) is 37.1 Å². The molecule has 2 rings (SSSR count). The van der Waals surface area contributed by atoms with Crippen LogP contribution in [0.3, 0.4) is 0 Å². The number of amides is 1. The molecule has 4 nitrogen and oxygen atoms in total. The molecule has 142 valence electrons. The topological polar surface area (TPSA) is 35.6 Å². The van der Waals surface area contributed by atoms with Gasteiger partial charge in [-0.05, 0) is 68.9 Å². The summed E-state index contributed by atoms with van der Waals surface area (Å²) in [5.74, 6) is -0.0608. The minimum Gasteiger partial charge on any atom is -0.356 e. The summed E-state index contributed by atoms with van der Waals surface area (Å²) >= 11 is 5.43. The number of benzene rings is 2. The number of anilines is 2. The van der Waals surface area contributed by atoms with Gasteiger partial charge >= 0.3 is 0 Å². The van der Waals surface area contributed by atoms with Crippen LogP contribution in [0.5, 0.6) is 0 Å². The van der Waals surface area contributed by atoms with Crippen LogP contribution in [0.1, 0.15) is 26.3 Å². The van der Waals surface area contributed by atoms with Gasteiger partial charge in [0.2, 0.25) is 0 Å². The number of carbonyl (C=O) groups is 1. The van der Waals surface area contributed by atoms with E-state index in [1.165, 1.54) is 0 Å². The van der Waals surface area contributed by atoms with E-state index < -0.39 is 0 Å². The molecule has 5 heteroatoms. The van der Waals surface area contributed by atoms with Gasteiger partial charge in [0.25, 0.3) is 5.91 Å². The van der Waals surface area contributed by atoms with Crippen LogP contribution in [0, 0.1) is 0 Å². The summed E-state index contributed by atoms with van der Waals surface area (Å²) in [5, 5.41) is 3.91. The smallest absolute Gasteiger partial charge is 0.255 e. The van der Waals surface area contributed by atoms with Gasteiger partial charge in [-0.1, -0.05) is 30.3 Å². The van der Waals surface area contributed by atoms with Crippen LogP contribution in [-0.2, 0) is 4.79 Å². The van der Waals surface area contributed by atoms with Crippen molar-refractivity contribution in [2.24, 2.45) is 0 Å². The van der Waals surface area contributed by atoms with Crippen molar-refractivity contribution in [2.45, 2.75) is 20.8 Å². The zero-order valence-corrected chi connectivity index (χ0v) is 17.2. The molecule has 1 N–H and O–H groups in total. The quantitative estimate of drug-likeness (QED) is 0.569. The summed E-state index contributed by atoms with van der Waals surface area (Å²) in [6, 6.07) is 18.0. The number of hydrogen-bond donors (Lipinski definition) is 1. The fourth-order valence-corrected chi connectivity index (χ4v) is 2.92. The molecule has 2 aromatic rings. The summed E-state index contributed by atoms with van der Waals surface area (Å²) < 4.78 is 0. The van der Waals surface area contributed by atoms with Crippen LogP contribution >= 0.6 is 12.2 Å². The zero-order chi connectivity index (χ0) is 19.8. The van der Waals surface area contributed by atoms with E-state index >= 15 is 0 Å². The largest absolute Gasteiger partial charge is 0.356 e. The fourth-order valence-electron chi connectivity index (χ4n) is 2.58. The lowest BCUT2D eigenvalue weighted by atomic mass is 10.1. The van der Waals surface area contributed by atoms with Crippen LogP contribution < -0.4 is 5.32 Å². The maximum Gasteiger partial charge on any atom is 0.255 e. The minimum atomic E-state index is -0.0608. The third-order valence-electron chi connectivity index (χ3n) is 4.29. The van der Waals surface area contributed by atoms with Crippen LogP contribution in [0.2, 0.25) is 0 Å². The highest BCUT2D eigenvalue weighted by molar-refractivity contribution is 7.80. The van der Waals surface area contributed by atoms with E-state index in [9.17, 15) is 4.79 Å². The van der Waals surface area contributed by atoms with Crippen LogP contribution in [0.25, 0.3) is 6.08 Å². The van der Waals surface area contributed by atoms with Crippen molar-refractivity contribution in [2.75, 3.05) is 25.5 Å². The molecule has 0 saturated heterocycles. The Kier molecular flexibility index (Phi) is 7.55. The Balaban J connectivity index is 2.10. The lowest BCUT2D eigenvalue weighted by molar-refractivity contribution is -0.123. The zero-order valence-electron chi connectivity index (χ0n) is 16.4. The molecule has 27 heavy (non-hydrogen) atoms. The molecule has 0 aliphatic rings. The molecule has 0 heterocycles. The molecule has 0 bridgehead atoms. The number of nitrogens with one attached hydrogen (secondary N) is 1. The van der Waals surface area contributed by atoms with Crippen molar-refractivity contribution in [1.82, 2.24) is 9.80 Å². The summed E-state index contributed by atoms with van der Waals surface area (Å²) in [7, 11) is 1.90. The van der Waals surface area contributed by atoms with Crippen molar-refractivity contribution < 1.29 is 4.79 Å². The Labute approximate surface area is 167 Å². The molecular weight excluding hydrogens is 354 g/mol. The number of likely N-dealkylation sites (N-methyl/N-ethyl adjacent to an activating group) is 1. The number of hydrogen-bond acceptors (Lipinski definition) is 3. The third kappa shape index (κ3) is 5.66. The van der Waals surface area contributed by atoms with Gasteiger partial charge in [0.1, 0.15) is 0 Å². The molecule has 0 radical (unpaired) electrons. The number of thiocarbonyl (C=S) groups is 1. The van der Waals surface area contributed by atoms with Crippen molar-refractivity contribution in [3.8, 4) is 0 Å². The van der Waals surface area contributed by atoms with E-state index in [4.69, 9.17) is 12.2 Å². The molecule has 1 amide bonds. The van der Waals surface area contributed by atoms with Gasteiger partial charge in [-0.3, -0.25) is 9.69 Å². The Bertz CT molecular complexity index is 800. The Morgan fingerprint density at radius 2 is 1.59 bits per heavy atom. The molecule has 2 aromatic carbocycles. The Hall–Kier alpha value is -2.66. The highest BCUT2D eigenvalue weighted by atomic mass is 32.1. The van der Waals surface area contributed by atoms with Crippen LogP contribution in [0.15, 0.2) is 60.2 Å². The predicted octanol–water partition coefficient (Wildman–Crippen LogP) is 4.92. The number of carbonyl (C=O) groups excluding carboxylic acids is 1. The first-order chi connectivity index (χ1) is 13.0. The van der Waals surface area contributed by atoms with Crippen LogP contribution in [-0.4, -0.2) is 41.0 Å². The van der Waals surface area contributed by atoms with E-state index in [0.717, 1.165) is 23.5 Å². The number of rotatable bonds is 6. The van der Waals surface area contributed by atoms with Gasteiger partial charge in [-0.2, -0.15) is 0 Å². The van der Waals surface area contributed by atoms with Gasteiger partial charge in [0.05, 0.1) is 0 Å². The average molecular weight is 382 g/mol. The van der Waals surface area contributed by atoms with Gasteiger partial charge in [-0.15, -0.1) is 0 Å². The summed E-state index contributed by atoms with van der Waals surface area (Å²) in [6.07, 6.45) is 1.89. The lowest BCUT2D eigenvalue weighted by Gasteiger charge is -2.28. The third-order valence-corrected chi connectivity index (χ3v) is 4.82. The normalized spacial score (nSPS) is 11.0. The second-order valence-electron chi connectivity index (χ2n) is 6.29. The molecular formula is C22H27N3OS. The van der Waals surface area contributed by atoms with Gasteiger partial charge < -0.3 is 10.2 Å². The van der Waals surface area contributed by atoms with E-state index in [2.05, 4.69) is 5.32 Å². The summed E-state index contributed by atoms with van der Waals surface area (Å²) in [5.41, 5.74) is 3.68. The van der Waals surface area contributed by atoms with Gasteiger partial charge in [-0.25, -0.2) is 0 Å². The maximum absolute atomic E-state index is 12.8. The summed E-state index contributed by atoms with van der Waals surface area (Å²) in [6.45, 7) is 7.09. The van der Waals surface area contributed by atoms with Crippen LogP contribution in [0.4, 0.5) is 11.4 Å². The first-order valence-corrected chi connectivity index (χ1v) is 9.54. The first kappa shape index (κ1) is 20.6. The van der Waals surface area contributed by atoms with Crippen molar-refractivity contribution in [1.29, 1.82) is 0 Å². The molecule has 0 fully saturated rings. The molecule has 0 unspecified atom stereocenters.